The highest BCUT2D eigenvalue weighted by Gasteiger charge is 2.20. The highest BCUT2D eigenvalue weighted by molar-refractivity contribution is 5.55. The van der Waals surface area contributed by atoms with E-state index in [2.05, 4.69) is 15.4 Å². The molecule has 0 aromatic carbocycles. The normalized spacial score (nSPS) is 15.4. The quantitative estimate of drug-likeness (QED) is 0.811. The molecule has 0 aliphatic carbocycles. The van der Waals surface area contributed by atoms with Gasteiger partial charge in [-0.25, -0.2) is 4.39 Å². The number of hydrogen-bond donors (Lipinski definition) is 1. The largest absolute Gasteiger partial charge is 0.311 e. The average molecular weight is 232 g/mol. The van der Waals surface area contributed by atoms with Crippen LogP contribution < -0.4 is 5.32 Å². The molecule has 0 saturated carbocycles. The summed E-state index contributed by atoms with van der Waals surface area (Å²) in [4.78, 5) is 4.14. The molecule has 0 saturated heterocycles. The third kappa shape index (κ3) is 1.82. The van der Waals surface area contributed by atoms with Gasteiger partial charge in [0.05, 0.1) is 11.4 Å². The second-order valence-electron chi connectivity index (χ2n) is 4.08. The number of nitrogens with one attached hydrogen (secondary N) is 1. The van der Waals surface area contributed by atoms with E-state index in [-0.39, 0.29) is 5.82 Å². The van der Waals surface area contributed by atoms with Gasteiger partial charge in [0, 0.05) is 19.3 Å². The Kier molecular flexibility index (Phi) is 2.60. The fourth-order valence-electron chi connectivity index (χ4n) is 2.06. The first-order valence-electron chi connectivity index (χ1n) is 5.73. The summed E-state index contributed by atoms with van der Waals surface area (Å²) in [5.41, 5.74) is 1.57. The number of rotatable bonds is 1. The van der Waals surface area contributed by atoms with E-state index in [9.17, 15) is 4.39 Å². The van der Waals surface area contributed by atoms with Crippen LogP contribution in [-0.4, -0.2) is 21.3 Å². The van der Waals surface area contributed by atoms with Crippen molar-refractivity contribution in [3.05, 3.63) is 35.9 Å². The summed E-state index contributed by atoms with van der Waals surface area (Å²) in [5.74, 6) is -0.252. The van der Waals surface area contributed by atoms with Gasteiger partial charge in [-0.15, -0.1) is 0 Å². The number of nitrogens with zero attached hydrogens (tertiary/aromatic N) is 3. The maximum atomic E-state index is 14.2. The minimum Gasteiger partial charge on any atom is -0.311 e. The van der Waals surface area contributed by atoms with Crippen LogP contribution in [0.15, 0.2) is 24.4 Å². The smallest absolute Gasteiger partial charge is 0.175 e. The molecule has 0 bridgehead atoms. The number of fused-ring (bicyclic) bond motifs is 1. The fourth-order valence-corrected chi connectivity index (χ4v) is 2.06. The van der Waals surface area contributed by atoms with E-state index in [1.807, 2.05) is 12.1 Å². The molecule has 3 rings (SSSR count). The zero-order valence-corrected chi connectivity index (χ0v) is 9.36. The monoisotopic (exact) mass is 232 g/mol. The fraction of sp³-hybridized carbons (Fsp3) is 0.333. The molecule has 0 atom stereocenters. The molecule has 1 N–H and O–H groups in total. The summed E-state index contributed by atoms with van der Waals surface area (Å²) in [7, 11) is 0. The summed E-state index contributed by atoms with van der Waals surface area (Å²) in [6.07, 6.45) is 2.62. The van der Waals surface area contributed by atoms with Gasteiger partial charge in [-0.2, -0.15) is 5.10 Å². The predicted octanol–water partition coefficient (Wildman–Crippen LogP) is 1.58. The van der Waals surface area contributed by atoms with Crippen LogP contribution in [0.5, 0.6) is 0 Å². The lowest BCUT2D eigenvalue weighted by molar-refractivity contribution is 0.572. The third-order valence-electron chi connectivity index (χ3n) is 2.92. The second kappa shape index (κ2) is 4.25. The number of pyridine rings is 1. The van der Waals surface area contributed by atoms with Gasteiger partial charge in [0.1, 0.15) is 5.69 Å². The van der Waals surface area contributed by atoms with Crippen molar-refractivity contribution in [3.8, 4) is 11.4 Å². The van der Waals surface area contributed by atoms with E-state index in [0.717, 1.165) is 19.5 Å². The van der Waals surface area contributed by atoms with E-state index >= 15 is 0 Å². The Morgan fingerprint density at radius 2 is 2.29 bits per heavy atom. The van der Waals surface area contributed by atoms with Crippen molar-refractivity contribution < 1.29 is 4.39 Å². The third-order valence-corrected chi connectivity index (χ3v) is 2.92. The van der Waals surface area contributed by atoms with Gasteiger partial charge in [-0.3, -0.25) is 9.67 Å². The minimum atomic E-state index is -0.252. The summed E-state index contributed by atoms with van der Waals surface area (Å²) in [5, 5.41) is 7.51. The molecule has 5 heteroatoms. The first kappa shape index (κ1) is 10.4. The van der Waals surface area contributed by atoms with Crippen molar-refractivity contribution in [1.82, 2.24) is 20.1 Å². The van der Waals surface area contributed by atoms with Crippen molar-refractivity contribution in [2.45, 2.75) is 19.5 Å². The summed E-state index contributed by atoms with van der Waals surface area (Å²) < 4.78 is 16.0. The van der Waals surface area contributed by atoms with Gasteiger partial charge in [0.15, 0.2) is 5.82 Å². The van der Waals surface area contributed by atoms with Crippen LogP contribution in [0.4, 0.5) is 4.39 Å². The first-order valence-corrected chi connectivity index (χ1v) is 5.73. The second-order valence-corrected chi connectivity index (χ2v) is 4.08. The van der Waals surface area contributed by atoms with E-state index in [1.54, 1.807) is 16.9 Å². The Morgan fingerprint density at radius 1 is 1.35 bits per heavy atom. The molecule has 0 fully saturated rings. The topological polar surface area (TPSA) is 42.7 Å². The molecule has 1 aliphatic heterocycles. The molecular weight excluding hydrogens is 219 g/mol. The number of aryl methyl sites for hydroxylation is 1. The first-order chi connectivity index (χ1) is 8.36. The van der Waals surface area contributed by atoms with Crippen molar-refractivity contribution in [1.29, 1.82) is 0 Å². The van der Waals surface area contributed by atoms with E-state index in [0.29, 0.717) is 23.6 Å². The molecule has 3 heterocycles. The Hall–Kier alpha value is -1.75. The van der Waals surface area contributed by atoms with Crippen molar-refractivity contribution in [2.75, 3.05) is 6.54 Å². The SMILES string of the molecule is Fc1c(-c2ccccn2)nn2c1CNCCC2. The molecule has 88 valence electrons. The Morgan fingerprint density at radius 3 is 3.12 bits per heavy atom. The number of hydrogen-bond acceptors (Lipinski definition) is 3. The zero-order valence-electron chi connectivity index (χ0n) is 9.36. The highest BCUT2D eigenvalue weighted by atomic mass is 19.1. The van der Waals surface area contributed by atoms with Crippen molar-refractivity contribution in [2.24, 2.45) is 0 Å². The number of aromatic nitrogens is 3. The number of halogens is 1. The van der Waals surface area contributed by atoms with Gasteiger partial charge in [0.2, 0.25) is 0 Å². The molecule has 2 aromatic heterocycles. The molecule has 0 amide bonds. The Bertz CT molecular complexity index is 521. The lowest BCUT2D eigenvalue weighted by atomic mass is 10.2. The highest BCUT2D eigenvalue weighted by Crippen LogP contribution is 2.23. The summed E-state index contributed by atoms with van der Waals surface area (Å²) in [6, 6.07) is 5.42. The van der Waals surface area contributed by atoms with Crippen LogP contribution in [-0.2, 0) is 13.1 Å². The van der Waals surface area contributed by atoms with Crippen LogP contribution in [0.25, 0.3) is 11.4 Å². The average Bonchev–Trinajstić information content (AvgIpc) is 2.56. The van der Waals surface area contributed by atoms with Crippen molar-refractivity contribution >= 4 is 0 Å². The van der Waals surface area contributed by atoms with Crippen LogP contribution in [0.3, 0.4) is 0 Å². The maximum absolute atomic E-state index is 14.2. The zero-order chi connectivity index (χ0) is 11.7. The molecule has 17 heavy (non-hydrogen) atoms. The maximum Gasteiger partial charge on any atom is 0.175 e. The molecule has 0 spiro atoms. The lowest BCUT2D eigenvalue weighted by Crippen LogP contribution is -2.13. The van der Waals surface area contributed by atoms with Gasteiger partial charge < -0.3 is 5.32 Å². The molecular formula is C12H13FN4. The predicted molar refractivity (Wildman–Crippen MR) is 61.7 cm³/mol. The van der Waals surface area contributed by atoms with Gasteiger partial charge in [-0.1, -0.05) is 6.07 Å². The molecule has 0 unspecified atom stereocenters. The van der Waals surface area contributed by atoms with Gasteiger partial charge >= 0.3 is 0 Å². The summed E-state index contributed by atoms with van der Waals surface area (Å²) >= 11 is 0. The van der Waals surface area contributed by atoms with Crippen LogP contribution in [0.1, 0.15) is 12.1 Å². The lowest BCUT2D eigenvalue weighted by Gasteiger charge is -1.98. The van der Waals surface area contributed by atoms with E-state index < -0.39 is 0 Å². The molecule has 2 aromatic rings. The van der Waals surface area contributed by atoms with E-state index in [4.69, 9.17) is 0 Å². The Balaban J connectivity index is 2.08. The molecule has 1 aliphatic rings. The Labute approximate surface area is 98.5 Å². The van der Waals surface area contributed by atoms with Crippen LogP contribution >= 0.6 is 0 Å². The van der Waals surface area contributed by atoms with Gasteiger partial charge in [-0.05, 0) is 25.1 Å². The van der Waals surface area contributed by atoms with Crippen LogP contribution in [0.2, 0.25) is 0 Å². The van der Waals surface area contributed by atoms with Crippen molar-refractivity contribution in [3.63, 3.8) is 0 Å². The van der Waals surface area contributed by atoms with E-state index in [1.165, 1.54) is 0 Å². The standard InChI is InChI=1S/C12H13FN4/c13-11-10-8-14-5-3-7-17(10)16-12(11)9-4-1-2-6-15-9/h1-2,4,6,14H,3,5,7-8H2. The minimum absolute atomic E-state index is 0.252. The van der Waals surface area contributed by atoms with Crippen LogP contribution in [0, 0.1) is 5.82 Å². The summed E-state index contributed by atoms with van der Waals surface area (Å²) in [6.45, 7) is 2.19. The molecule has 4 nitrogen and oxygen atoms in total. The van der Waals surface area contributed by atoms with Gasteiger partial charge in [0.25, 0.3) is 0 Å². The molecule has 0 radical (unpaired) electrons.